The summed E-state index contributed by atoms with van der Waals surface area (Å²) in [4.78, 5) is 27.8. The maximum absolute atomic E-state index is 13.4. The average molecular weight is 403 g/mol. The molecule has 0 unspecified atom stereocenters. The largest absolute Gasteiger partial charge is 0.300 e. The van der Waals surface area contributed by atoms with Crippen LogP contribution in [0, 0.1) is 5.82 Å². The van der Waals surface area contributed by atoms with Crippen molar-refractivity contribution in [3.63, 3.8) is 0 Å². The van der Waals surface area contributed by atoms with Crippen LogP contribution in [0.1, 0.15) is 10.4 Å². The number of carbonyl (C=O) groups is 2. The molecule has 1 amide bonds. The number of ketones is 1. The van der Waals surface area contributed by atoms with Crippen molar-refractivity contribution < 1.29 is 22.4 Å². The molecule has 0 aliphatic carbocycles. The van der Waals surface area contributed by atoms with Crippen molar-refractivity contribution >= 4 is 27.4 Å². The van der Waals surface area contributed by atoms with E-state index in [4.69, 9.17) is 0 Å². The minimum atomic E-state index is -3.56. The molecule has 1 saturated heterocycles. The molecule has 28 heavy (non-hydrogen) atoms. The number of hydrogen-bond acceptors (Lipinski definition) is 5. The van der Waals surface area contributed by atoms with Crippen LogP contribution in [-0.2, 0) is 14.8 Å². The summed E-state index contributed by atoms with van der Waals surface area (Å²) in [7, 11) is -3.56. The normalized spacial score (nSPS) is 18.5. The minimum absolute atomic E-state index is 0.0651. The smallest absolute Gasteiger partial charge is 0.291 e. The number of hydrogen-bond donors (Lipinski definition) is 0. The van der Waals surface area contributed by atoms with E-state index in [1.807, 2.05) is 4.90 Å². The number of carbonyl (C=O) groups excluding carboxylic acids is 2. The van der Waals surface area contributed by atoms with Crippen LogP contribution >= 0.6 is 0 Å². The fourth-order valence-electron chi connectivity index (χ4n) is 3.47. The Morgan fingerprint density at radius 2 is 1.61 bits per heavy atom. The molecule has 4 rings (SSSR count). The number of amides is 1. The highest BCUT2D eigenvalue weighted by Crippen LogP contribution is 2.30. The number of sulfonamides is 1. The molecule has 2 aliphatic rings. The molecule has 0 bridgehead atoms. The van der Waals surface area contributed by atoms with Gasteiger partial charge in [-0.3, -0.25) is 19.4 Å². The summed E-state index contributed by atoms with van der Waals surface area (Å²) in [6.07, 6.45) is 0. The number of fused-ring (bicyclic) bond motifs is 1. The number of benzene rings is 2. The Hall–Kier alpha value is -2.62. The second-order valence-electron chi connectivity index (χ2n) is 6.70. The lowest BCUT2D eigenvalue weighted by Crippen LogP contribution is -2.52. The second-order valence-corrected chi connectivity index (χ2v) is 8.64. The van der Waals surface area contributed by atoms with Crippen molar-refractivity contribution in [2.24, 2.45) is 0 Å². The number of Topliss-reactive ketones (excluding diaryl/α,β-unsaturated/α-hetero) is 1. The quantitative estimate of drug-likeness (QED) is 0.720. The van der Waals surface area contributed by atoms with E-state index >= 15 is 0 Å². The number of nitrogens with zero attached hydrogens (tertiary/aromatic N) is 3. The molecule has 1 fully saturated rings. The number of halogens is 1. The second kappa shape index (κ2) is 7.08. The van der Waals surface area contributed by atoms with Gasteiger partial charge in [0.1, 0.15) is 5.82 Å². The monoisotopic (exact) mass is 403 g/mol. The van der Waals surface area contributed by atoms with Crippen LogP contribution in [-0.4, -0.2) is 62.2 Å². The first-order valence-electron chi connectivity index (χ1n) is 8.81. The molecule has 2 aromatic rings. The zero-order chi connectivity index (χ0) is 19.9. The molecular formula is C19H18FN3O4S. The van der Waals surface area contributed by atoms with Crippen molar-refractivity contribution in [2.75, 3.05) is 37.7 Å². The van der Waals surface area contributed by atoms with Crippen molar-refractivity contribution in [3.8, 4) is 0 Å². The lowest BCUT2D eigenvalue weighted by Gasteiger charge is -2.35. The molecule has 2 heterocycles. The first kappa shape index (κ1) is 18.7. The highest BCUT2D eigenvalue weighted by molar-refractivity contribution is 7.89. The summed E-state index contributed by atoms with van der Waals surface area (Å²) in [5.74, 6) is -1.98. The van der Waals surface area contributed by atoms with E-state index in [1.165, 1.54) is 21.3 Å². The van der Waals surface area contributed by atoms with Crippen LogP contribution in [0.15, 0.2) is 53.4 Å². The SMILES string of the molecule is O=C1C(=O)N(CN2CCN(S(=O)(=O)c3ccccc3)CC2)c2ccc(F)cc21. The van der Waals surface area contributed by atoms with Gasteiger partial charge in [0, 0.05) is 26.2 Å². The summed E-state index contributed by atoms with van der Waals surface area (Å²) in [6.45, 7) is 1.55. The Balaban J connectivity index is 1.44. The molecular weight excluding hydrogens is 385 g/mol. The Labute approximate surface area is 162 Å². The molecule has 7 nitrogen and oxygen atoms in total. The standard InChI is InChI=1S/C19H18FN3O4S/c20-14-6-7-17-16(12-14)18(24)19(25)23(17)13-21-8-10-22(11-9-21)28(26,27)15-4-2-1-3-5-15/h1-7,12H,8-11,13H2. The molecule has 0 radical (unpaired) electrons. The van der Waals surface area contributed by atoms with E-state index in [-0.39, 0.29) is 30.2 Å². The molecule has 0 N–H and O–H groups in total. The van der Waals surface area contributed by atoms with Crippen molar-refractivity contribution in [1.82, 2.24) is 9.21 Å². The lowest BCUT2D eigenvalue weighted by atomic mass is 10.1. The van der Waals surface area contributed by atoms with Crippen molar-refractivity contribution in [1.29, 1.82) is 0 Å². The Bertz CT molecular complexity index is 1030. The van der Waals surface area contributed by atoms with E-state index < -0.39 is 27.5 Å². The van der Waals surface area contributed by atoms with Gasteiger partial charge in [0.25, 0.3) is 5.78 Å². The summed E-state index contributed by atoms with van der Waals surface area (Å²) in [5.41, 5.74) is 0.450. The van der Waals surface area contributed by atoms with Gasteiger partial charge in [-0.25, -0.2) is 12.8 Å². The fraction of sp³-hybridized carbons (Fsp3) is 0.263. The van der Waals surface area contributed by atoms with E-state index in [0.29, 0.717) is 18.8 Å². The zero-order valence-electron chi connectivity index (χ0n) is 14.9. The van der Waals surface area contributed by atoms with Crippen LogP contribution in [0.2, 0.25) is 0 Å². The molecule has 2 aromatic carbocycles. The highest BCUT2D eigenvalue weighted by atomic mass is 32.2. The summed E-state index contributed by atoms with van der Waals surface area (Å²) in [5, 5.41) is 0. The van der Waals surface area contributed by atoms with Crippen LogP contribution in [0.5, 0.6) is 0 Å². The van der Waals surface area contributed by atoms with Gasteiger partial charge in [0.05, 0.1) is 22.8 Å². The van der Waals surface area contributed by atoms with Gasteiger partial charge in [0.15, 0.2) is 0 Å². The third-order valence-corrected chi connectivity index (χ3v) is 6.90. The number of rotatable bonds is 4. The third-order valence-electron chi connectivity index (χ3n) is 4.99. The van der Waals surface area contributed by atoms with Gasteiger partial charge in [-0.05, 0) is 30.3 Å². The Morgan fingerprint density at radius 3 is 2.29 bits per heavy atom. The van der Waals surface area contributed by atoms with Crippen LogP contribution in [0.3, 0.4) is 0 Å². The van der Waals surface area contributed by atoms with Gasteiger partial charge < -0.3 is 0 Å². The predicted molar refractivity (Wildman–Crippen MR) is 99.9 cm³/mol. The molecule has 0 atom stereocenters. The molecule has 146 valence electrons. The van der Waals surface area contributed by atoms with E-state index in [0.717, 1.165) is 6.07 Å². The van der Waals surface area contributed by atoms with Gasteiger partial charge in [0.2, 0.25) is 10.0 Å². The summed E-state index contributed by atoms with van der Waals surface area (Å²) in [6, 6.07) is 11.9. The molecule has 9 heteroatoms. The van der Waals surface area contributed by atoms with Crippen LogP contribution in [0.4, 0.5) is 10.1 Å². The lowest BCUT2D eigenvalue weighted by molar-refractivity contribution is -0.114. The van der Waals surface area contributed by atoms with E-state index in [1.54, 1.807) is 30.3 Å². The number of piperazine rings is 1. The summed E-state index contributed by atoms with van der Waals surface area (Å²) < 4.78 is 40.2. The van der Waals surface area contributed by atoms with Gasteiger partial charge in [-0.15, -0.1) is 0 Å². The third kappa shape index (κ3) is 3.21. The van der Waals surface area contributed by atoms with Crippen LogP contribution in [0.25, 0.3) is 0 Å². The molecule has 0 aromatic heterocycles. The fourth-order valence-corrected chi connectivity index (χ4v) is 4.91. The molecule has 0 spiro atoms. The Kier molecular flexibility index (Phi) is 4.74. The topological polar surface area (TPSA) is 78.0 Å². The van der Waals surface area contributed by atoms with Gasteiger partial charge in [-0.1, -0.05) is 18.2 Å². The molecule has 2 aliphatic heterocycles. The highest BCUT2D eigenvalue weighted by Gasteiger charge is 2.38. The maximum Gasteiger partial charge on any atom is 0.300 e. The first-order valence-corrected chi connectivity index (χ1v) is 10.3. The number of anilines is 1. The van der Waals surface area contributed by atoms with E-state index in [2.05, 4.69) is 0 Å². The van der Waals surface area contributed by atoms with E-state index in [9.17, 15) is 22.4 Å². The average Bonchev–Trinajstić information content (AvgIpc) is 2.93. The zero-order valence-corrected chi connectivity index (χ0v) is 15.7. The summed E-state index contributed by atoms with van der Waals surface area (Å²) >= 11 is 0. The first-order chi connectivity index (χ1) is 13.4. The maximum atomic E-state index is 13.4. The minimum Gasteiger partial charge on any atom is -0.291 e. The van der Waals surface area contributed by atoms with Gasteiger partial charge >= 0.3 is 5.91 Å². The predicted octanol–water partition coefficient (Wildman–Crippen LogP) is 1.32. The molecule has 0 saturated carbocycles. The van der Waals surface area contributed by atoms with Crippen LogP contribution < -0.4 is 4.90 Å². The van der Waals surface area contributed by atoms with Crippen molar-refractivity contribution in [3.05, 3.63) is 59.9 Å². The van der Waals surface area contributed by atoms with Crippen molar-refractivity contribution in [2.45, 2.75) is 4.90 Å². The Morgan fingerprint density at radius 1 is 0.929 bits per heavy atom. The van der Waals surface area contributed by atoms with Gasteiger partial charge in [-0.2, -0.15) is 4.31 Å².